The van der Waals surface area contributed by atoms with Gasteiger partial charge in [-0.1, -0.05) is 19.0 Å². The molecule has 0 saturated heterocycles. The number of anilines is 1. The Balaban J connectivity index is 1.73. The van der Waals surface area contributed by atoms with Crippen LogP contribution >= 0.6 is 0 Å². The monoisotopic (exact) mass is 273 g/mol. The SMILES string of the molecule is CC(C)c1cc(CN2Cc3cncnc3N(C)C2)on1. The van der Waals surface area contributed by atoms with Crippen LogP contribution in [0, 0.1) is 0 Å². The van der Waals surface area contributed by atoms with Crippen molar-refractivity contribution in [2.24, 2.45) is 0 Å². The van der Waals surface area contributed by atoms with Crippen molar-refractivity contribution in [1.82, 2.24) is 20.0 Å². The molecule has 0 aromatic carbocycles. The van der Waals surface area contributed by atoms with Gasteiger partial charge in [0.05, 0.1) is 18.9 Å². The molecule has 3 rings (SSSR count). The molecule has 2 aromatic rings. The number of nitrogens with zero attached hydrogens (tertiary/aromatic N) is 5. The minimum Gasteiger partial charge on any atom is -0.360 e. The molecular formula is C14H19N5O. The molecule has 0 radical (unpaired) electrons. The molecule has 0 saturated carbocycles. The average Bonchev–Trinajstić information content (AvgIpc) is 2.87. The predicted molar refractivity (Wildman–Crippen MR) is 75.1 cm³/mol. The number of fused-ring (bicyclic) bond motifs is 1. The summed E-state index contributed by atoms with van der Waals surface area (Å²) in [5, 5.41) is 4.10. The molecule has 6 heteroatoms. The van der Waals surface area contributed by atoms with Crippen molar-refractivity contribution in [2.45, 2.75) is 32.9 Å². The maximum absolute atomic E-state index is 5.41. The first kappa shape index (κ1) is 13.1. The largest absolute Gasteiger partial charge is 0.360 e. The van der Waals surface area contributed by atoms with E-state index in [4.69, 9.17) is 4.52 Å². The van der Waals surface area contributed by atoms with Gasteiger partial charge in [-0.25, -0.2) is 9.97 Å². The second kappa shape index (κ2) is 5.20. The summed E-state index contributed by atoms with van der Waals surface area (Å²) < 4.78 is 5.41. The quantitative estimate of drug-likeness (QED) is 0.852. The van der Waals surface area contributed by atoms with Crippen LogP contribution in [-0.4, -0.2) is 33.7 Å². The fourth-order valence-electron chi connectivity index (χ4n) is 2.47. The molecule has 2 aromatic heterocycles. The third kappa shape index (κ3) is 2.51. The third-order valence-corrected chi connectivity index (χ3v) is 3.48. The van der Waals surface area contributed by atoms with Crippen molar-refractivity contribution in [2.75, 3.05) is 18.6 Å². The molecular weight excluding hydrogens is 254 g/mol. The minimum atomic E-state index is 0.394. The zero-order valence-corrected chi connectivity index (χ0v) is 12.1. The summed E-state index contributed by atoms with van der Waals surface area (Å²) in [4.78, 5) is 12.8. The Morgan fingerprint density at radius 2 is 2.25 bits per heavy atom. The van der Waals surface area contributed by atoms with Crippen LogP contribution in [0.1, 0.15) is 36.8 Å². The summed E-state index contributed by atoms with van der Waals surface area (Å²) >= 11 is 0. The number of hydrogen-bond donors (Lipinski definition) is 0. The van der Waals surface area contributed by atoms with E-state index >= 15 is 0 Å². The molecule has 0 spiro atoms. The van der Waals surface area contributed by atoms with Crippen LogP contribution in [0.5, 0.6) is 0 Å². The first-order chi connectivity index (χ1) is 9.63. The normalized spacial score (nSPS) is 15.7. The molecule has 0 amide bonds. The van der Waals surface area contributed by atoms with Gasteiger partial charge in [-0.05, 0) is 5.92 Å². The highest BCUT2D eigenvalue weighted by Gasteiger charge is 2.22. The third-order valence-electron chi connectivity index (χ3n) is 3.48. The van der Waals surface area contributed by atoms with Crippen molar-refractivity contribution in [3.05, 3.63) is 35.6 Å². The maximum Gasteiger partial charge on any atom is 0.151 e. The Hall–Kier alpha value is -1.95. The number of rotatable bonds is 3. The van der Waals surface area contributed by atoms with E-state index in [0.29, 0.717) is 5.92 Å². The van der Waals surface area contributed by atoms with Gasteiger partial charge in [0.25, 0.3) is 0 Å². The van der Waals surface area contributed by atoms with Crippen LogP contribution in [0.2, 0.25) is 0 Å². The van der Waals surface area contributed by atoms with Crippen LogP contribution in [0.3, 0.4) is 0 Å². The smallest absolute Gasteiger partial charge is 0.151 e. The molecule has 0 bridgehead atoms. The number of hydrogen-bond acceptors (Lipinski definition) is 6. The van der Waals surface area contributed by atoms with Gasteiger partial charge >= 0.3 is 0 Å². The van der Waals surface area contributed by atoms with Gasteiger partial charge in [-0.15, -0.1) is 0 Å². The van der Waals surface area contributed by atoms with E-state index in [2.05, 4.69) is 38.8 Å². The Morgan fingerprint density at radius 1 is 1.40 bits per heavy atom. The molecule has 20 heavy (non-hydrogen) atoms. The lowest BCUT2D eigenvalue weighted by atomic mass is 10.1. The van der Waals surface area contributed by atoms with Gasteiger partial charge in [-0.3, -0.25) is 4.90 Å². The molecule has 0 N–H and O–H groups in total. The standard InChI is InChI=1S/C14H19N5O/c1-10(2)13-4-12(20-17-13)7-19-6-11-5-15-8-16-14(11)18(3)9-19/h4-5,8,10H,6-7,9H2,1-3H3. The van der Waals surface area contributed by atoms with Crippen LogP contribution in [0.4, 0.5) is 5.82 Å². The zero-order chi connectivity index (χ0) is 14.1. The Labute approximate surface area is 118 Å². The van der Waals surface area contributed by atoms with E-state index in [9.17, 15) is 0 Å². The lowest BCUT2D eigenvalue weighted by Gasteiger charge is -2.34. The fraction of sp³-hybridized carbons (Fsp3) is 0.500. The van der Waals surface area contributed by atoms with Crippen LogP contribution in [0.15, 0.2) is 23.1 Å². The van der Waals surface area contributed by atoms with Crippen LogP contribution < -0.4 is 4.90 Å². The zero-order valence-electron chi connectivity index (χ0n) is 12.1. The van der Waals surface area contributed by atoms with Gasteiger partial charge in [0.1, 0.15) is 12.1 Å². The summed E-state index contributed by atoms with van der Waals surface area (Å²) in [6.45, 7) is 6.63. The molecule has 106 valence electrons. The first-order valence-corrected chi connectivity index (χ1v) is 6.81. The summed E-state index contributed by atoms with van der Waals surface area (Å²) in [5.41, 5.74) is 2.15. The highest BCUT2D eigenvalue weighted by Crippen LogP contribution is 2.24. The van der Waals surface area contributed by atoms with E-state index in [1.165, 1.54) is 0 Å². The Morgan fingerprint density at radius 3 is 3.00 bits per heavy atom. The van der Waals surface area contributed by atoms with E-state index < -0.39 is 0 Å². The van der Waals surface area contributed by atoms with Crippen LogP contribution in [0.25, 0.3) is 0 Å². The van der Waals surface area contributed by atoms with Crippen molar-refractivity contribution < 1.29 is 4.52 Å². The summed E-state index contributed by atoms with van der Waals surface area (Å²) in [5.74, 6) is 2.31. The summed E-state index contributed by atoms with van der Waals surface area (Å²) in [6, 6.07) is 2.04. The molecule has 0 unspecified atom stereocenters. The molecule has 1 aliphatic rings. The lowest BCUT2D eigenvalue weighted by Crippen LogP contribution is -2.40. The van der Waals surface area contributed by atoms with E-state index in [-0.39, 0.29) is 0 Å². The first-order valence-electron chi connectivity index (χ1n) is 6.81. The van der Waals surface area contributed by atoms with Crippen LogP contribution in [-0.2, 0) is 13.1 Å². The minimum absolute atomic E-state index is 0.394. The second-order valence-corrected chi connectivity index (χ2v) is 5.57. The molecule has 3 heterocycles. The molecule has 0 aliphatic carbocycles. The molecule has 0 fully saturated rings. The summed E-state index contributed by atoms with van der Waals surface area (Å²) in [6.07, 6.45) is 3.47. The maximum atomic E-state index is 5.41. The van der Waals surface area contributed by atoms with Gasteiger partial charge in [0.15, 0.2) is 5.76 Å². The Kier molecular flexibility index (Phi) is 3.40. The summed E-state index contributed by atoms with van der Waals surface area (Å²) in [7, 11) is 2.04. The average molecular weight is 273 g/mol. The topological polar surface area (TPSA) is 58.3 Å². The molecule has 0 atom stereocenters. The molecule has 6 nitrogen and oxygen atoms in total. The van der Waals surface area contributed by atoms with Gasteiger partial charge in [0.2, 0.25) is 0 Å². The van der Waals surface area contributed by atoms with Gasteiger partial charge in [0, 0.05) is 31.4 Å². The van der Waals surface area contributed by atoms with Crippen molar-refractivity contribution >= 4 is 5.82 Å². The second-order valence-electron chi connectivity index (χ2n) is 5.57. The van der Waals surface area contributed by atoms with E-state index in [1.807, 2.05) is 19.3 Å². The molecule has 1 aliphatic heterocycles. The van der Waals surface area contributed by atoms with Crippen molar-refractivity contribution in [1.29, 1.82) is 0 Å². The highest BCUT2D eigenvalue weighted by atomic mass is 16.5. The number of aromatic nitrogens is 3. The fourth-order valence-corrected chi connectivity index (χ4v) is 2.47. The predicted octanol–water partition coefficient (Wildman–Crippen LogP) is 2.00. The highest BCUT2D eigenvalue weighted by molar-refractivity contribution is 5.46. The van der Waals surface area contributed by atoms with E-state index in [0.717, 1.165) is 42.6 Å². The lowest BCUT2D eigenvalue weighted by molar-refractivity contribution is 0.215. The Bertz CT molecular complexity index is 595. The van der Waals surface area contributed by atoms with Crippen molar-refractivity contribution in [3.63, 3.8) is 0 Å². The van der Waals surface area contributed by atoms with E-state index in [1.54, 1.807) is 6.33 Å². The van der Waals surface area contributed by atoms with Gasteiger partial charge in [-0.2, -0.15) is 0 Å². The van der Waals surface area contributed by atoms with Crippen molar-refractivity contribution in [3.8, 4) is 0 Å². The van der Waals surface area contributed by atoms with Gasteiger partial charge < -0.3 is 9.42 Å².